The Labute approximate surface area is 234 Å². The topological polar surface area (TPSA) is 56.1 Å². The maximum Gasteiger partial charge on any atom is 0.224 e. The number of aromatic nitrogens is 2. The Balaban J connectivity index is 1.19. The number of nitrogens with zero attached hydrogens (tertiary/aromatic N) is 2. The van der Waals surface area contributed by atoms with E-state index in [2.05, 4.69) is 40.2 Å². The zero-order valence-corrected chi connectivity index (χ0v) is 23.0. The summed E-state index contributed by atoms with van der Waals surface area (Å²) in [6.45, 7) is 5.64. The molecular formula is C33H32ClN3O2. The first-order chi connectivity index (χ1) is 19.0. The van der Waals surface area contributed by atoms with Gasteiger partial charge in [-0.25, -0.2) is 4.98 Å². The number of fused-ring (bicyclic) bond motifs is 1. The zero-order chi connectivity index (χ0) is 27.2. The number of rotatable bonds is 10. The molecule has 4 aromatic carbocycles. The summed E-state index contributed by atoms with van der Waals surface area (Å²) >= 11 is 6.28. The van der Waals surface area contributed by atoms with Gasteiger partial charge in [0.15, 0.2) is 0 Å². The van der Waals surface area contributed by atoms with Gasteiger partial charge in [0.05, 0.1) is 30.6 Å². The number of halogens is 1. The normalized spacial score (nSPS) is 11.1. The molecule has 1 aromatic heterocycles. The third kappa shape index (κ3) is 6.50. The lowest BCUT2D eigenvalue weighted by Crippen LogP contribution is -2.26. The van der Waals surface area contributed by atoms with Crippen LogP contribution < -0.4 is 10.1 Å². The Morgan fingerprint density at radius 2 is 1.56 bits per heavy atom. The number of para-hydroxylation sites is 2. The molecule has 5 nitrogen and oxygen atoms in total. The lowest BCUT2D eigenvalue weighted by atomic mass is 10.0. The molecule has 0 aliphatic rings. The van der Waals surface area contributed by atoms with Crippen LogP contribution in [0.5, 0.6) is 5.75 Å². The van der Waals surface area contributed by atoms with E-state index in [1.54, 1.807) is 0 Å². The van der Waals surface area contributed by atoms with E-state index < -0.39 is 0 Å². The SMILES string of the molecule is Cc1cc(OCCCn2c(CNC(=O)Cc3ccc(-c4ccccc4)cc3)nc3ccccc32)cc(C)c1Cl. The van der Waals surface area contributed by atoms with Crippen molar-refractivity contribution in [2.75, 3.05) is 6.61 Å². The molecule has 198 valence electrons. The van der Waals surface area contributed by atoms with Gasteiger partial charge in [0.1, 0.15) is 11.6 Å². The second-order valence-corrected chi connectivity index (χ2v) is 10.1. The van der Waals surface area contributed by atoms with Crippen LogP contribution in [0, 0.1) is 13.8 Å². The number of carbonyl (C=O) groups is 1. The van der Waals surface area contributed by atoms with Crippen molar-refractivity contribution in [3.05, 3.63) is 119 Å². The molecule has 6 heteroatoms. The molecule has 5 rings (SSSR count). The van der Waals surface area contributed by atoms with E-state index in [9.17, 15) is 4.79 Å². The van der Waals surface area contributed by atoms with Gasteiger partial charge >= 0.3 is 0 Å². The van der Waals surface area contributed by atoms with Crippen molar-refractivity contribution < 1.29 is 9.53 Å². The monoisotopic (exact) mass is 537 g/mol. The first-order valence-electron chi connectivity index (χ1n) is 13.2. The number of carbonyl (C=O) groups excluding carboxylic acids is 1. The molecule has 0 atom stereocenters. The molecule has 0 saturated heterocycles. The fraction of sp³-hybridized carbons (Fsp3) is 0.212. The molecule has 0 radical (unpaired) electrons. The highest BCUT2D eigenvalue weighted by Gasteiger charge is 2.12. The fourth-order valence-electron chi connectivity index (χ4n) is 4.78. The molecule has 0 bridgehead atoms. The van der Waals surface area contributed by atoms with Crippen molar-refractivity contribution >= 4 is 28.5 Å². The van der Waals surface area contributed by atoms with Gasteiger partial charge < -0.3 is 14.6 Å². The van der Waals surface area contributed by atoms with Gasteiger partial charge in [-0.2, -0.15) is 0 Å². The largest absolute Gasteiger partial charge is 0.494 e. The predicted octanol–water partition coefficient (Wildman–Crippen LogP) is 7.30. The van der Waals surface area contributed by atoms with Gasteiger partial charge in [0.2, 0.25) is 5.91 Å². The van der Waals surface area contributed by atoms with Crippen LogP contribution in [-0.4, -0.2) is 22.1 Å². The summed E-state index contributed by atoms with van der Waals surface area (Å²) < 4.78 is 8.18. The van der Waals surface area contributed by atoms with Crippen LogP contribution in [0.2, 0.25) is 5.02 Å². The number of benzene rings is 4. The van der Waals surface area contributed by atoms with E-state index in [4.69, 9.17) is 21.3 Å². The van der Waals surface area contributed by atoms with E-state index in [0.717, 1.165) is 68.4 Å². The second-order valence-electron chi connectivity index (χ2n) is 9.76. The first kappa shape index (κ1) is 26.5. The number of amides is 1. The molecular weight excluding hydrogens is 506 g/mol. The van der Waals surface area contributed by atoms with Gasteiger partial charge in [-0.1, -0.05) is 78.3 Å². The summed E-state index contributed by atoms with van der Waals surface area (Å²) in [5, 5.41) is 3.84. The van der Waals surface area contributed by atoms with Crippen molar-refractivity contribution in [3.63, 3.8) is 0 Å². The first-order valence-corrected chi connectivity index (χ1v) is 13.6. The van der Waals surface area contributed by atoms with E-state index in [-0.39, 0.29) is 5.91 Å². The van der Waals surface area contributed by atoms with Gasteiger partial charge in [0, 0.05) is 11.6 Å². The molecule has 0 unspecified atom stereocenters. The number of imidazole rings is 1. The summed E-state index contributed by atoms with van der Waals surface area (Å²) in [7, 11) is 0. The number of aryl methyl sites for hydroxylation is 3. The minimum absolute atomic E-state index is 0.0297. The summed E-state index contributed by atoms with van der Waals surface area (Å²) in [6, 6.07) is 30.4. The van der Waals surface area contributed by atoms with Crippen LogP contribution >= 0.6 is 11.6 Å². The summed E-state index contributed by atoms with van der Waals surface area (Å²) in [4.78, 5) is 17.6. The lowest BCUT2D eigenvalue weighted by molar-refractivity contribution is -0.120. The van der Waals surface area contributed by atoms with Gasteiger partial charge in [0.25, 0.3) is 0 Å². The summed E-state index contributed by atoms with van der Waals surface area (Å²) in [6.07, 6.45) is 1.12. The van der Waals surface area contributed by atoms with E-state index in [1.165, 1.54) is 0 Å². The lowest BCUT2D eigenvalue weighted by Gasteiger charge is -2.12. The fourth-order valence-corrected chi connectivity index (χ4v) is 4.89. The molecule has 1 heterocycles. The molecule has 1 amide bonds. The summed E-state index contributed by atoms with van der Waals surface area (Å²) in [5.74, 6) is 1.63. The maximum atomic E-state index is 12.8. The number of nitrogens with one attached hydrogen (secondary N) is 1. The van der Waals surface area contributed by atoms with Crippen molar-refractivity contribution in [1.82, 2.24) is 14.9 Å². The smallest absolute Gasteiger partial charge is 0.224 e. The Hall–Kier alpha value is -4.09. The zero-order valence-electron chi connectivity index (χ0n) is 22.3. The molecule has 0 aliphatic heterocycles. The second kappa shape index (κ2) is 12.2. The maximum absolute atomic E-state index is 12.8. The average Bonchev–Trinajstić information content (AvgIpc) is 3.31. The van der Waals surface area contributed by atoms with Crippen molar-refractivity contribution in [2.24, 2.45) is 0 Å². The molecule has 0 aliphatic carbocycles. The Morgan fingerprint density at radius 1 is 0.897 bits per heavy atom. The predicted molar refractivity (Wildman–Crippen MR) is 158 cm³/mol. The van der Waals surface area contributed by atoms with E-state index >= 15 is 0 Å². The van der Waals surface area contributed by atoms with Gasteiger partial charge in [-0.15, -0.1) is 0 Å². The van der Waals surface area contributed by atoms with Crippen molar-refractivity contribution in [3.8, 4) is 16.9 Å². The molecule has 1 N–H and O–H groups in total. The average molecular weight is 538 g/mol. The van der Waals surface area contributed by atoms with E-state index in [1.807, 2.05) is 74.5 Å². The number of hydrogen-bond donors (Lipinski definition) is 1. The van der Waals surface area contributed by atoms with Crippen molar-refractivity contribution in [1.29, 1.82) is 0 Å². The van der Waals surface area contributed by atoms with Crippen LogP contribution in [0.3, 0.4) is 0 Å². The third-order valence-electron chi connectivity index (χ3n) is 6.81. The quantitative estimate of drug-likeness (QED) is 0.190. The van der Waals surface area contributed by atoms with Gasteiger partial charge in [-0.05, 0) is 72.4 Å². The standard InChI is InChI=1S/C33H32ClN3O2/c1-23-19-28(20-24(2)33(23)34)39-18-8-17-37-30-12-7-6-11-29(30)36-31(37)22-35-32(38)21-25-13-15-27(16-14-25)26-9-4-3-5-10-26/h3-7,9-16,19-20H,8,17-18,21-22H2,1-2H3,(H,35,38). The highest BCUT2D eigenvalue weighted by Crippen LogP contribution is 2.26. The number of hydrogen-bond acceptors (Lipinski definition) is 3. The molecule has 39 heavy (non-hydrogen) atoms. The third-order valence-corrected chi connectivity index (χ3v) is 7.40. The molecule has 5 aromatic rings. The Morgan fingerprint density at radius 3 is 2.31 bits per heavy atom. The van der Waals surface area contributed by atoms with Crippen molar-refractivity contribution in [2.45, 2.75) is 39.8 Å². The van der Waals surface area contributed by atoms with E-state index in [0.29, 0.717) is 19.6 Å². The molecule has 0 saturated carbocycles. The molecule has 0 spiro atoms. The highest BCUT2D eigenvalue weighted by molar-refractivity contribution is 6.32. The Bertz CT molecular complexity index is 1550. The van der Waals surface area contributed by atoms with Crippen LogP contribution in [0.4, 0.5) is 0 Å². The van der Waals surface area contributed by atoms with Crippen LogP contribution in [0.15, 0.2) is 91.0 Å². The minimum Gasteiger partial charge on any atom is -0.494 e. The van der Waals surface area contributed by atoms with Crippen LogP contribution in [0.25, 0.3) is 22.2 Å². The van der Waals surface area contributed by atoms with Crippen LogP contribution in [-0.2, 0) is 24.3 Å². The van der Waals surface area contributed by atoms with Crippen LogP contribution in [0.1, 0.15) is 28.9 Å². The minimum atomic E-state index is -0.0297. The summed E-state index contributed by atoms with van der Waals surface area (Å²) in [5.41, 5.74) is 7.27. The highest BCUT2D eigenvalue weighted by atomic mass is 35.5. The van der Waals surface area contributed by atoms with Gasteiger partial charge in [-0.3, -0.25) is 4.79 Å². The Kier molecular flexibility index (Phi) is 8.28. The number of ether oxygens (including phenoxy) is 1. The molecule has 0 fully saturated rings.